The molecule has 1 saturated carbocycles. The molecule has 0 aromatic heterocycles. The van der Waals surface area contributed by atoms with Crippen LogP contribution in [0.3, 0.4) is 0 Å². The molecule has 2 aliphatic carbocycles. The van der Waals surface area contributed by atoms with Crippen LogP contribution in [-0.4, -0.2) is 89.1 Å². The van der Waals surface area contributed by atoms with Crippen molar-refractivity contribution in [2.24, 2.45) is 28.7 Å². The Labute approximate surface area is 220 Å². The van der Waals surface area contributed by atoms with Crippen molar-refractivity contribution in [2.75, 3.05) is 39.4 Å². The highest BCUT2D eigenvalue weighted by Crippen LogP contribution is 2.53. The minimum absolute atomic E-state index is 0.00772. The number of hydrogen-bond donors (Lipinski definition) is 4. The number of nitrogens with zero attached hydrogens (tertiary/aromatic N) is 1. The van der Waals surface area contributed by atoms with Crippen molar-refractivity contribution in [3.8, 4) is 5.75 Å². The minimum Gasteiger partial charge on any atom is -0.507 e. The molecule has 1 heterocycles. The highest BCUT2D eigenvalue weighted by molar-refractivity contribution is 6.30. The molecule has 1 aliphatic heterocycles. The van der Waals surface area contributed by atoms with Gasteiger partial charge in [0.1, 0.15) is 5.75 Å². The Morgan fingerprint density at radius 1 is 1.16 bits per heavy atom. The summed E-state index contributed by atoms with van der Waals surface area (Å²) >= 11 is 0. The van der Waals surface area contributed by atoms with E-state index < -0.39 is 58.4 Å². The van der Waals surface area contributed by atoms with Crippen molar-refractivity contribution in [2.45, 2.75) is 44.6 Å². The average molecular weight is 530 g/mol. The van der Waals surface area contributed by atoms with E-state index in [1.165, 1.54) is 6.07 Å². The highest BCUT2D eigenvalue weighted by Gasteiger charge is 2.64. The van der Waals surface area contributed by atoms with Crippen LogP contribution in [0, 0.1) is 17.3 Å². The summed E-state index contributed by atoms with van der Waals surface area (Å²) < 4.78 is 5.45. The van der Waals surface area contributed by atoms with E-state index in [2.05, 4.69) is 4.90 Å². The first-order valence-corrected chi connectivity index (χ1v) is 12.9. The van der Waals surface area contributed by atoms with Crippen molar-refractivity contribution in [3.63, 3.8) is 0 Å². The van der Waals surface area contributed by atoms with Gasteiger partial charge < -0.3 is 26.4 Å². The lowest BCUT2D eigenvalue weighted by Gasteiger charge is -2.52. The Morgan fingerprint density at radius 3 is 2.39 bits per heavy atom. The highest BCUT2D eigenvalue weighted by atomic mass is 16.5. The second-order valence-electron chi connectivity index (χ2n) is 11.0. The van der Waals surface area contributed by atoms with Gasteiger partial charge in [0, 0.05) is 25.0 Å². The SMILES string of the molecule is CC(C)c1ccc(O)c2c1CC1(CN3CCOCC3)CCC(O)(C(=O)C(C(N)=O)C(=O)CN)C(=O)C1C2=O. The number of aromatic hydroxyl groups is 1. The normalized spacial score (nSPS) is 28.5. The van der Waals surface area contributed by atoms with E-state index in [4.69, 9.17) is 16.2 Å². The van der Waals surface area contributed by atoms with Gasteiger partial charge in [-0.05, 0) is 42.4 Å². The molecule has 11 heteroatoms. The second kappa shape index (κ2) is 10.3. The monoisotopic (exact) mass is 529 g/mol. The number of hydrogen-bond acceptors (Lipinski definition) is 10. The number of rotatable bonds is 8. The fourth-order valence-corrected chi connectivity index (χ4v) is 6.42. The number of nitrogens with two attached hydrogens (primary N) is 2. The Morgan fingerprint density at radius 2 is 1.82 bits per heavy atom. The summed E-state index contributed by atoms with van der Waals surface area (Å²) in [5.41, 5.74) is 8.41. The summed E-state index contributed by atoms with van der Waals surface area (Å²) in [5, 5.41) is 22.2. The summed E-state index contributed by atoms with van der Waals surface area (Å²) in [6.45, 7) is 5.72. The maximum atomic E-state index is 14.1. The first-order chi connectivity index (χ1) is 17.9. The van der Waals surface area contributed by atoms with Crippen molar-refractivity contribution >= 4 is 29.0 Å². The molecule has 0 radical (unpaired) electrons. The topological polar surface area (TPSA) is 190 Å². The van der Waals surface area contributed by atoms with Gasteiger partial charge in [0.05, 0.1) is 31.2 Å². The molecule has 3 aliphatic rings. The van der Waals surface area contributed by atoms with Crippen LogP contribution in [0.4, 0.5) is 0 Å². The van der Waals surface area contributed by atoms with Crippen LogP contribution in [-0.2, 0) is 30.3 Å². The van der Waals surface area contributed by atoms with Crippen molar-refractivity contribution in [1.82, 2.24) is 4.90 Å². The van der Waals surface area contributed by atoms with E-state index in [-0.39, 0.29) is 36.5 Å². The number of ether oxygens (including phenoxy) is 1. The summed E-state index contributed by atoms with van der Waals surface area (Å²) in [6.07, 6.45) is -0.0236. The number of primary amides is 1. The maximum Gasteiger partial charge on any atom is 0.235 e. The van der Waals surface area contributed by atoms with Gasteiger partial charge in [-0.25, -0.2) is 0 Å². The molecule has 2 fully saturated rings. The molecule has 0 spiro atoms. The molecule has 6 N–H and O–H groups in total. The number of morpholine rings is 1. The number of phenolic OH excluding ortho intramolecular Hbond substituents is 1. The number of benzene rings is 1. The van der Waals surface area contributed by atoms with Gasteiger partial charge in [-0.2, -0.15) is 0 Å². The quantitative estimate of drug-likeness (QED) is 0.319. The van der Waals surface area contributed by atoms with Gasteiger partial charge in [0.25, 0.3) is 0 Å². The zero-order chi connectivity index (χ0) is 28.0. The third kappa shape index (κ3) is 4.47. The molecule has 1 amide bonds. The Kier molecular flexibility index (Phi) is 7.59. The zero-order valence-electron chi connectivity index (χ0n) is 21.7. The molecule has 4 unspecified atom stereocenters. The van der Waals surface area contributed by atoms with Crippen molar-refractivity contribution in [1.29, 1.82) is 0 Å². The molecular weight excluding hydrogens is 494 g/mol. The Bertz CT molecular complexity index is 1190. The smallest absolute Gasteiger partial charge is 0.235 e. The molecule has 0 bridgehead atoms. The molecule has 38 heavy (non-hydrogen) atoms. The number of carbonyl (C=O) groups is 5. The molecule has 206 valence electrons. The maximum absolute atomic E-state index is 14.1. The van der Waals surface area contributed by atoms with Crippen LogP contribution in [0.1, 0.15) is 54.1 Å². The first kappa shape index (κ1) is 28.0. The summed E-state index contributed by atoms with van der Waals surface area (Å²) in [5.74, 6) is -9.29. The van der Waals surface area contributed by atoms with Gasteiger partial charge >= 0.3 is 0 Å². The van der Waals surface area contributed by atoms with Gasteiger partial charge in [0.15, 0.2) is 34.7 Å². The number of phenols is 1. The van der Waals surface area contributed by atoms with Crippen molar-refractivity contribution in [3.05, 3.63) is 28.8 Å². The lowest BCUT2D eigenvalue weighted by atomic mass is 9.52. The van der Waals surface area contributed by atoms with Crippen LogP contribution in [0.5, 0.6) is 5.75 Å². The Hall–Kier alpha value is -2.99. The van der Waals surface area contributed by atoms with Gasteiger partial charge in [0.2, 0.25) is 5.91 Å². The fourth-order valence-electron chi connectivity index (χ4n) is 6.42. The van der Waals surface area contributed by atoms with E-state index in [0.717, 1.165) is 5.56 Å². The second-order valence-corrected chi connectivity index (χ2v) is 11.0. The summed E-state index contributed by atoms with van der Waals surface area (Å²) in [4.78, 5) is 67.9. The van der Waals surface area contributed by atoms with E-state index in [0.29, 0.717) is 38.4 Å². The molecule has 1 aromatic carbocycles. The fraction of sp³-hybridized carbons (Fsp3) is 0.593. The molecule has 11 nitrogen and oxygen atoms in total. The molecule has 1 saturated heterocycles. The average Bonchev–Trinajstić information content (AvgIpc) is 2.86. The largest absolute Gasteiger partial charge is 0.507 e. The van der Waals surface area contributed by atoms with Crippen LogP contribution in [0.15, 0.2) is 12.1 Å². The number of fused-ring (bicyclic) bond motifs is 2. The van der Waals surface area contributed by atoms with Crippen molar-refractivity contribution < 1.29 is 38.9 Å². The van der Waals surface area contributed by atoms with E-state index >= 15 is 0 Å². The standard InChI is InChI=1S/C27H35N3O8/c1-14(2)15-3-4-17(31)19-16(15)11-26(13-30-7-9-38-10-8-30)5-6-27(37,24(35)21(26)22(19)33)23(34)20(25(29)36)18(32)12-28/h3-4,14,20-21,31,37H,5-13,28H2,1-2H3,(H2,29,36). The van der Waals surface area contributed by atoms with E-state index in [1.807, 2.05) is 13.8 Å². The summed E-state index contributed by atoms with van der Waals surface area (Å²) in [6, 6.07) is 3.18. The third-order valence-corrected chi connectivity index (χ3v) is 8.37. The number of Topliss-reactive ketones (excluding diaryl/α,β-unsaturated/α-hetero) is 4. The molecular formula is C27H35N3O8. The minimum atomic E-state index is -2.78. The van der Waals surface area contributed by atoms with Gasteiger partial charge in [-0.15, -0.1) is 0 Å². The third-order valence-electron chi connectivity index (χ3n) is 8.37. The van der Waals surface area contributed by atoms with Crippen LogP contribution in [0.2, 0.25) is 0 Å². The first-order valence-electron chi connectivity index (χ1n) is 12.9. The van der Waals surface area contributed by atoms with E-state index in [1.54, 1.807) is 6.07 Å². The molecule has 4 rings (SSSR count). The van der Waals surface area contributed by atoms with Gasteiger partial charge in [-0.1, -0.05) is 19.9 Å². The zero-order valence-corrected chi connectivity index (χ0v) is 21.7. The van der Waals surface area contributed by atoms with Crippen LogP contribution < -0.4 is 11.5 Å². The van der Waals surface area contributed by atoms with Crippen LogP contribution >= 0.6 is 0 Å². The van der Waals surface area contributed by atoms with Crippen LogP contribution in [0.25, 0.3) is 0 Å². The lowest BCUT2D eigenvalue weighted by Crippen LogP contribution is -2.66. The number of aliphatic hydroxyl groups is 1. The predicted octanol–water partition coefficient (Wildman–Crippen LogP) is -0.518. The summed E-state index contributed by atoms with van der Waals surface area (Å²) in [7, 11) is 0. The number of ketones is 4. The lowest BCUT2D eigenvalue weighted by molar-refractivity contribution is -0.166. The predicted molar refractivity (Wildman–Crippen MR) is 134 cm³/mol. The Balaban J connectivity index is 1.84. The van der Waals surface area contributed by atoms with E-state index in [9.17, 15) is 34.2 Å². The van der Waals surface area contributed by atoms with Gasteiger partial charge in [-0.3, -0.25) is 28.9 Å². The number of amides is 1. The molecule has 1 aromatic rings. The molecule has 4 atom stereocenters. The number of carbonyl (C=O) groups excluding carboxylic acids is 5.